The number of nitrogens with zero attached hydrogens (tertiary/aromatic N) is 1. The fourth-order valence-corrected chi connectivity index (χ4v) is 2.75. The Morgan fingerprint density at radius 3 is 2.35 bits per heavy atom. The number of piperidine rings is 1. The van der Waals surface area contributed by atoms with E-state index in [2.05, 4.69) is 41.4 Å². The van der Waals surface area contributed by atoms with E-state index in [4.69, 9.17) is 0 Å². The minimum absolute atomic E-state index is 0.226. The molecule has 1 fully saturated rings. The number of hydrogen-bond donors (Lipinski definition) is 2. The normalized spacial score (nSPS) is 18.9. The van der Waals surface area contributed by atoms with E-state index in [1.807, 2.05) is 6.92 Å². The van der Waals surface area contributed by atoms with Gasteiger partial charge in [0.05, 0.1) is 6.10 Å². The van der Waals surface area contributed by atoms with Crippen LogP contribution in [0.2, 0.25) is 0 Å². The summed E-state index contributed by atoms with van der Waals surface area (Å²) in [7, 11) is 0. The predicted octanol–water partition coefficient (Wildman–Crippen LogP) is 3.10. The Balaban J connectivity index is 1.86. The van der Waals surface area contributed by atoms with Crippen molar-refractivity contribution in [2.45, 2.75) is 51.7 Å². The molecule has 0 aliphatic carbocycles. The van der Waals surface area contributed by atoms with Crippen LogP contribution in [0.25, 0.3) is 0 Å². The van der Waals surface area contributed by atoms with Gasteiger partial charge in [0, 0.05) is 24.8 Å². The van der Waals surface area contributed by atoms with Crippen LogP contribution in [-0.4, -0.2) is 30.8 Å². The van der Waals surface area contributed by atoms with Crippen molar-refractivity contribution < 1.29 is 5.11 Å². The van der Waals surface area contributed by atoms with Gasteiger partial charge in [-0.15, -0.1) is 0 Å². The quantitative estimate of drug-likeness (QED) is 0.838. The summed E-state index contributed by atoms with van der Waals surface area (Å²) in [6.45, 7) is 7.26. The zero-order chi connectivity index (χ0) is 14.4. The van der Waals surface area contributed by atoms with E-state index in [0.717, 1.165) is 13.0 Å². The number of nitrogens with one attached hydrogen (secondary N) is 1. The molecule has 112 valence electrons. The summed E-state index contributed by atoms with van der Waals surface area (Å²) in [4.78, 5) is 2.48. The van der Waals surface area contributed by atoms with Gasteiger partial charge in [0.15, 0.2) is 0 Å². The summed E-state index contributed by atoms with van der Waals surface area (Å²) in [6, 6.07) is 9.28. The molecular formula is C17H28N2O. The van der Waals surface area contributed by atoms with Gasteiger partial charge in [0.25, 0.3) is 0 Å². The lowest BCUT2D eigenvalue weighted by Crippen LogP contribution is -2.29. The van der Waals surface area contributed by atoms with E-state index >= 15 is 0 Å². The van der Waals surface area contributed by atoms with Crippen molar-refractivity contribution in [3.05, 3.63) is 29.8 Å². The van der Waals surface area contributed by atoms with Crippen LogP contribution in [0.1, 0.15) is 51.1 Å². The molecule has 3 nitrogen and oxygen atoms in total. The summed E-state index contributed by atoms with van der Waals surface area (Å²) in [6.07, 6.45) is 4.59. The molecular weight excluding hydrogens is 248 g/mol. The fourth-order valence-electron chi connectivity index (χ4n) is 2.75. The first-order valence-electron chi connectivity index (χ1n) is 7.93. The zero-order valence-electron chi connectivity index (χ0n) is 12.8. The minimum atomic E-state index is -0.226. The van der Waals surface area contributed by atoms with E-state index in [9.17, 15) is 5.11 Å². The van der Waals surface area contributed by atoms with Gasteiger partial charge in [-0.05, 0) is 63.8 Å². The Bertz CT molecular complexity index is 382. The molecule has 2 atom stereocenters. The summed E-state index contributed by atoms with van der Waals surface area (Å²) in [5.74, 6) is 0. The van der Waals surface area contributed by atoms with Crippen molar-refractivity contribution in [1.82, 2.24) is 5.32 Å². The molecule has 1 saturated heterocycles. The second-order valence-corrected chi connectivity index (χ2v) is 5.95. The largest absolute Gasteiger partial charge is 0.393 e. The van der Waals surface area contributed by atoms with Gasteiger partial charge in [0.2, 0.25) is 0 Å². The Hall–Kier alpha value is -1.06. The molecule has 2 rings (SSSR count). The molecule has 0 bridgehead atoms. The number of aliphatic hydroxyl groups excluding tert-OH is 1. The second kappa shape index (κ2) is 7.65. The molecule has 20 heavy (non-hydrogen) atoms. The lowest BCUT2D eigenvalue weighted by Gasteiger charge is -2.29. The first-order chi connectivity index (χ1) is 9.66. The number of anilines is 1. The van der Waals surface area contributed by atoms with Crippen molar-refractivity contribution >= 4 is 5.69 Å². The minimum Gasteiger partial charge on any atom is -0.393 e. The third kappa shape index (κ3) is 4.50. The Morgan fingerprint density at radius 1 is 1.10 bits per heavy atom. The standard InChI is InChI=1S/C17H28N2O/c1-14(20)10-11-18-15(2)16-6-8-17(9-7-16)19-12-4-3-5-13-19/h6-9,14-15,18,20H,3-5,10-13H2,1-2H3. The second-order valence-electron chi connectivity index (χ2n) is 5.95. The maximum absolute atomic E-state index is 9.27. The van der Waals surface area contributed by atoms with Gasteiger partial charge in [-0.25, -0.2) is 0 Å². The third-order valence-corrected chi connectivity index (χ3v) is 4.13. The van der Waals surface area contributed by atoms with Gasteiger partial charge >= 0.3 is 0 Å². The maximum atomic E-state index is 9.27. The van der Waals surface area contributed by atoms with Crippen molar-refractivity contribution in [2.75, 3.05) is 24.5 Å². The first kappa shape index (κ1) is 15.3. The first-order valence-corrected chi connectivity index (χ1v) is 7.93. The zero-order valence-corrected chi connectivity index (χ0v) is 12.8. The Labute approximate surface area is 123 Å². The van der Waals surface area contributed by atoms with Crippen LogP contribution in [0.4, 0.5) is 5.69 Å². The number of rotatable bonds is 6. The van der Waals surface area contributed by atoms with Gasteiger partial charge in [-0.3, -0.25) is 0 Å². The average molecular weight is 276 g/mol. The van der Waals surface area contributed by atoms with Crippen molar-refractivity contribution in [1.29, 1.82) is 0 Å². The third-order valence-electron chi connectivity index (χ3n) is 4.13. The van der Waals surface area contributed by atoms with Crippen LogP contribution < -0.4 is 10.2 Å². The fraction of sp³-hybridized carbons (Fsp3) is 0.647. The molecule has 0 radical (unpaired) electrons. The molecule has 1 heterocycles. The van der Waals surface area contributed by atoms with Crippen LogP contribution in [0.15, 0.2) is 24.3 Å². The molecule has 0 spiro atoms. The van der Waals surface area contributed by atoms with Crippen LogP contribution in [-0.2, 0) is 0 Å². The molecule has 3 heteroatoms. The van der Waals surface area contributed by atoms with Crippen molar-refractivity contribution in [3.8, 4) is 0 Å². The van der Waals surface area contributed by atoms with Crippen LogP contribution in [0, 0.1) is 0 Å². The van der Waals surface area contributed by atoms with Crippen LogP contribution in [0.3, 0.4) is 0 Å². The summed E-state index contributed by atoms with van der Waals surface area (Å²) in [5.41, 5.74) is 2.67. The van der Waals surface area contributed by atoms with E-state index in [1.54, 1.807) is 0 Å². The molecule has 2 unspecified atom stereocenters. The molecule has 1 aromatic carbocycles. The topological polar surface area (TPSA) is 35.5 Å². The van der Waals surface area contributed by atoms with Crippen molar-refractivity contribution in [2.24, 2.45) is 0 Å². The number of hydrogen-bond acceptors (Lipinski definition) is 3. The maximum Gasteiger partial charge on any atom is 0.0524 e. The van der Waals surface area contributed by atoms with Gasteiger partial charge in [-0.1, -0.05) is 12.1 Å². The van der Waals surface area contributed by atoms with Crippen molar-refractivity contribution in [3.63, 3.8) is 0 Å². The highest BCUT2D eigenvalue weighted by atomic mass is 16.3. The van der Waals surface area contributed by atoms with Crippen LogP contribution in [0.5, 0.6) is 0 Å². The highest BCUT2D eigenvalue weighted by molar-refractivity contribution is 5.48. The molecule has 0 amide bonds. The van der Waals surface area contributed by atoms with Gasteiger partial charge in [-0.2, -0.15) is 0 Å². The molecule has 2 N–H and O–H groups in total. The molecule has 0 aromatic heterocycles. The predicted molar refractivity (Wildman–Crippen MR) is 85.2 cm³/mol. The lowest BCUT2D eigenvalue weighted by molar-refractivity contribution is 0.182. The Kier molecular flexibility index (Phi) is 5.86. The highest BCUT2D eigenvalue weighted by Gasteiger charge is 2.11. The van der Waals surface area contributed by atoms with E-state index in [0.29, 0.717) is 6.04 Å². The van der Waals surface area contributed by atoms with Crippen LogP contribution >= 0.6 is 0 Å². The summed E-state index contributed by atoms with van der Waals surface area (Å²) in [5, 5.41) is 12.7. The average Bonchev–Trinajstić information content (AvgIpc) is 2.48. The summed E-state index contributed by atoms with van der Waals surface area (Å²) < 4.78 is 0. The molecule has 0 saturated carbocycles. The van der Waals surface area contributed by atoms with Gasteiger partial charge < -0.3 is 15.3 Å². The lowest BCUT2D eigenvalue weighted by atomic mass is 10.1. The van der Waals surface area contributed by atoms with Gasteiger partial charge in [0.1, 0.15) is 0 Å². The molecule has 1 aliphatic rings. The number of aliphatic hydroxyl groups is 1. The smallest absolute Gasteiger partial charge is 0.0524 e. The summed E-state index contributed by atoms with van der Waals surface area (Å²) >= 11 is 0. The highest BCUT2D eigenvalue weighted by Crippen LogP contribution is 2.22. The van der Waals surface area contributed by atoms with E-state index in [1.165, 1.54) is 43.6 Å². The van der Waals surface area contributed by atoms with E-state index < -0.39 is 0 Å². The molecule has 1 aliphatic heterocycles. The monoisotopic (exact) mass is 276 g/mol. The SMILES string of the molecule is CC(O)CCNC(C)c1ccc(N2CCCCC2)cc1. The van der Waals surface area contributed by atoms with E-state index in [-0.39, 0.29) is 6.10 Å². The Morgan fingerprint density at radius 2 is 1.75 bits per heavy atom. The number of benzene rings is 1. The molecule has 1 aromatic rings.